The molecule has 0 aromatic carbocycles. The van der Waals surface area contributed by atoms with Gasteiger partial charge in [0.25, 0.3) is 5.91 Å². The van der Waals surface area contributed by atoms with Gasteiger partial charge in [0, 0.05) is 6.07 Å². The van der Waals surface area contributed by atoms with Gasteiger partial charge in [-0.05, 0) is 18.9 Å². The van der Waals surface area contributed by atoms with Gasteiger partial charge < -0.3 is 15.5 Å². The van der Waals surface area contributed by atoms with E-state index in [1.807, 2.05) is 0 Å². The highest BCUT2D eigenvalue weighted by atomic mass is 16.4. The van der Waals surface area contributed by atoms with Crippen LogP contribution in [0.15, 0.2) is 18.5 Å². The molecule has 0 aliphatic heterocycles. The molecule has 0 aliphatic carbocycles. The number of carboxylic acids is 2. The van der Waals surface area contributed by atoms with Crippen molar-refractivity contribution in [3.8, 4) is 0 Å². The summed E-state index contributed by atoms with van der Waals surface area (Å²) in [5.41, 5.74) is -1.18. The van der Waals surface area contributed by atoms with Crippen LogP contribution < -0.4 is 10.00 Å². The number of carbonyl (C=O) groups excluding carboxylic acids is 1. The molecule has 3 N–H and O–H groups in total. The average Bonchev–Trinajstić information content (AvgIpc) is 2.36. The molecule has 0 spiro atoms. The van der Waals surface area contributed by atoms with Crippen molar-refractivity contribution in [1.82, 2.24) is 10.4 Å². The van der Waals surface area contributed by atoms with E-state index in [0.717, 1.165) is 0 Å². The normalized spacial score (nSPS) is 10.9. The third kappa shape index (κ3) is 4.30. The number of carboxylic acid groups (broad SMARTS) is 2. The predicted molar refractivity (Wildman–Crippen MR) is 65.9 cm³/mol. The molecule has 0 radical (unpaired) electrons. The highest BCUT2D eigenvalue weighted by molar-refractivity contribution is 5.97. The van der Waals surface area contributed by atoms with E-state index in [0.29, 0.717) is 0 Å². The molecule has 0 atom stereocenters. The number of hydrogen-bond acceptors (Lipinski definition) is 4. The van der Waals surface area contributed by atoms with Crippen LogP contribution in [0.25, 0.3) is 0 Å². The number of rotatable bonds is 6. The van der Waals surface area contributed by atoms with Crippen molar-refractivity contribution in [1.29, 1.82) is 0 Å². The minimum Gasteiger partial charge on any atom is -0.481 e. The zero-order chi connectivity index (χ0) is 15.3. The van der Waals surface area contributed by atoms with E-state index >= 15 is 0 Å². The maximum atomic E-state index is 11.8. The summed E-state index contributed by atoms with van der Waals surface area (Å²) in [4.78, 5) is 33.1. The number of hydrogen-bond donors (Lipinski definition) is 3. The van der Waals surface area contributed by atoms with Gasteiger partial charge >= 0.3 is 11.9 Å². The van der Waals surface area contributed by atoms with Gasteiger partial charge in [-0.3, -0.25) is 9.59 Å². The molecule has 0 saturated carbocycles. The molecule has 1 rings (SSSR count). The van der Waals surface area contributed by atoms with Crippen molar-refractivity contribution < 1.29 is 29.3 Å². The van der Waals surface area contributed by atoms with E-state index in [1.54, 1.807) is 0 Å². The zero-order valence-electron chi connectivity index (χ0n) is 11.2. The Kier molecular flexibility index (Phi) is 4.73. The van der Waals surface area contributed by atoms with Crippen LogP contribution in [0.5, 0.6) is 0 Å². The molecule has 1 amide bonds. The lowest BCUT2D eigenvalue weighted by Gasteiger charge is -2.20. The molecule has 8 nitrogen and oxygen atoms in total. The van der Waals surface area contributed by atoms with Gasteiger partial charge in [0.05, 0.1) is 5.56 Å². The second-order valence-electron chi connectivity index (χ2n) is 4.71. The Morgan fingerprint density at radius 2 is 2.00 bits per heavy atom. The summed E-state index contributed by atoms with van der Waals surface area (Å²) in [5, 5.41) is 23.7. The Hall–Kier alpha value is -2.51. The van der Waals surface area contributed by atoms with Crippen LogP contribution in [0.1, 0.15) is 30.6 Å². The number of amides is 1. The second-order valence-corrected chi connectivity index (χ2v) is 4.71. The van der Waals surface area contributed by atoms with Crippen LogP contribution in [0.2, 0.25) is 0 Å². The summed E-state index contributed by atoms with van der Waals surface area (Å²) in [7, 11) is 0. The Balaban J connectivity index is 2.71. The molecule has 0 saturated heterocycles. The summed E-state index contributed by atoms with van der Waals surface area (Å²) in [6.45, 7) is 2.94. The summed E-state index contributed by atoms with van der Waals surface area (Å²) in [6, 6.07) is 1.45. The van der Waals surface area contributed by atoms with Crippen LogP contribution in [0, 0.1) is 0 Å². The minimum atomic E-state index is -1.38. The summed E-state index contributed by atoms with van der Waals surface area (Å²) in [6.07, 6.45) is 2.65. The molecule has 1 aromatic heterocycles. The van der Waals surface area contributed by atoms with Gasteiger partial charge in [0.15, 0.2) is 12.7 Å². The lowest BCUT2D eigenvalue weighted by atomic mass is 10.1. The van der Waals surface area contributed by atoms with Crippen LogP contribution in [-0.4, -0.2) is 38.7 Å². The number of aliphatic carboxylic acids is 2. The van der Waals surface area contributed by atoms with Gasteiger partial charge in [-0.2, -0.15) is 0 Å². The summed E-state index contributed by atoms with van der Waals surface area (Å²) < 4.78 is 1.38. The topological polar surface area (TPSA) is 120 Å². The SMILES string of the molecule is CC(C)(NC(=O)c1cc[n+](CCC(=O)O)nc1)C(=O)O. The lowest BCUT2D eigenvalue weighted by molar-refractivity contribution is -0.753. The van der Waals surface area contributed by atoms with E-state index < -0.39 is 23.4 Å². The first-order valence-corrected chi connectivity index (χ1v) is 5.86. The number of nitrogens with zero attached hydrogens (tertiary/aromatic N) is 2. The number of aromatic nitrogens is 2. The Labute approximate surface area is 115 Å². The molecular formula is C12H16N3O5+. The fraction of sp³-hybridized carbons (Fsp3) is 0.417. The van der Waals surface area contributed by atoms with Crippen molar-refractivity contribution in [2.45, 2.75) is 32.4 Å². The molecule has 1 heterocycles. The Morgan fingerprint density at radius 3 is 2.45 bits per heavy atom. The summed E-state index contributed by atoms with van der Waals surface area (Å²) in [5.74, 6) is -2.65. The number of aryl methyl sites for hydroxylation is 1. The first kappa shape index (κ1) is 15.5. The third-order valence-corrected chi connectivity index (χ3v) is 2.55. The fourth-order valence-electron chi connectivity index (χ4n) is 1.27. The first-order valence-electron chi connectivity index (χ1n) is 5.86. The monoisotopic (exact) mass is 282 g/mol. The van der Waals surface area contributed by atoms with E-state index in [2.05, 4.69) is 10.4 Å². The maximum Gasteiger partial charge on any atom is 0.328 e. The minimum absolute atomic E-state index is 0.0742. The van der Waals surface area contributed by atoms with E-state index in [1.165, 1.54) is 37.0 Å². The van der Waals surface area contributed by atoms with Crippen LogP contribution in [0.4, 0.5) is 0 Å². The molecule has 0 aliphatic rings. The molecule has 8 heteroatoms. The maximum absolute atomic E-state index is 11.8. The molecule has 1 aromatic rings. The van der Waals surface area contributed by atoms with E-state index in [-0.39, 0.29) is 18.5 Å². The molecule has 0 bridgehead atoms. The van der Waals surface area contributed by atoms with Gasteiger partial charge in [-0.25, -0.2) is 4.79 Å². The zero-order valence-corrected chi connectivity index (χ0v) is 11.2. The molecular weight excluding hydrogens is 266 g/mol. The highest BCUT2D eigenvalue weighted by Gasteiger charge is 2.29. The highest BCUT2D eigenvalue weighted by Crippen LogP contribution is 2.04. The summed E-state index contributed by atoms with van der Waals surface area (Å²) >= 11 is 0. The van der Waals surface area contributed by atoms with E-state index in [9.17, 15) is 14.4 Å². The van der Waals surface area contributed by atoms with Gasteiger partial charge in [0.2, 0.25) is 0 Å². The number of nitrogens with one attached hydrogen (secondary N) is 1. The molecule has 108 valence electrons. The van der Waals surface area contributed by atoms with Gasteiger partial charge in [0.1, 0.15) is 18.2 Å². The van der Waals surface area contributed by atoms with Crippen LogP contribution in [0.3, 0.4) is 0 Å². The van der Waals surface area contributed by atoms with Crippen molar-refractivity contribution >= 4 is 17.8 Å². The lowest BCUT2D eigenvalue weighted by Crippen LogP contribution is -2.50. The fourth-order valence-corrected chi connectivity index (χ4v) is 1.27. The second kappa shape index (κ2) is 6.09. The van der Waals surface area contributed by atoms with Crippen LogP contribution in [-0.2, 0) is 16.1 Å². The standard InChI is InChI=1S/C12H15N3O5/c1-12(2,11(19)20)14-10(18)8-3-5-15(13-7-8)6-4-9(16)17/h3,5,7H,4,6H2,1-2H3,(H2-,14,16,17,18,19,20)/p+1. The molecule has 20 heavy (non-hydrogen) atoms. The van der Waals surface area contributed by atoms with Gasteiger partial charge in [-0.15, -0.1) is 0 Å². The van der Waals surface area contributed by atoms with Crippen molar-refractivity contribution in [2.24, 2.45) is 0 Å². The number of carbonyl (C=O) groups is 3. The van der Waals surface area contributed by atoms with Gasteiger partial charge in [-0.1, -0.05) is 4.68 Å². The van der Waals surface area contributed by atoms with Crippen molar-refractivity contribution in [3.63, 3.8) is 0 Å². The predicted octanol–water partition coefficient (Wildman–Crippen LogP) is -0.563. The quantitative estimate of drug-likeness (QED) is 0.601. The van der Waals surface area contributed by atoms with Crippen LogP contribution >= 0.6 is 0 Å². The first-order chi connectivity index (χ1) is 9.22. The largest absolute Gasteiger partial charge is 0.481 e. The average molecular weight is 282 g/mol. The molecule has 0 unspecified atom stereocenters. The Morgan fingerprint density at radius 1 is 1.35 bits per heavy atom. The molecule has 0 fully saturated rings. The van der Waals surface area contributed by atoms with Crippen molar-refractivity contribution in [2.75, 3.05) is 0 Å². The van der Waals surface area contributed by atoms with Crippen molar-refractivity contribution in [3.05, 3.63) is 24.0 Å². The third-order valence-electron chi connectivity index (χ3n) is 2.55. The van der Waals surface area contributed by atoms with E-state index in [4.69, 9.17) is 10.2 Å². The smallest absolute Gasteiger partial charge is 0.328 e. The Bertz CT molecular complexity index is 524.